The van der Waals surface area contributed by atoms with Crippen LogP contribution in [0.25, 0.3) is 16.9 Å². The Morgan fingerprint density at radius 3 is 2.53 bits per heavy atom. The highest BCUT2D eigenvalue weighted by Crippen LogP contribution is 2.29. The average molecular weight is 478 g/mol. The fraction of sp³-hybridized carbons (Fsp3) is 0.115. The minimum atomic E-state index is -1.24. The predicted octanol–water partition coefficient (Wildman–Crippen LogP) is 4.57. The molecule has 0 unspecified atom stereocenters. The number of aliphatic imine (C=N–C) groups is 1. The lowest BCUT2D eigenvalue weighted by Gasteiger charge is -2.14. The zero-order chi connectivity index (χ0) is 25.3. The topological polar surface area (TPSA) is 125 Å². The summed E-state index contributed by atoms with van der Waals surface area (Å²) >= 11 is 6.01. The summed E-state index contributed by atoms with van der Waals surface area (Å²) in [6, 6.07) is 12.1. The number of allylic oxidation sites excluding steroid dienone is 3. The van der Waals surface area contributed by atoms with Crippen molar-refractivity contribution in [3.63, 3.8) is 0 Å². The lowest BCUT2D eigenvalue weighted by molar-refractivity contribution is -0.137. The number of carbonyl (C=O) groups excluding carboxylic acids is 1. The van der Waals surface area contributed by atoms with Gasteiger partial charge in [-0.1, -0.05) is 35.7 Å². The SMILES string of the molecule is C#C/C(C(=O)NCC(=O)O)=C(/O)c1ccc(/C(C=Nc2cccc(Cl)c2)=C/N)cc1/C(C)=C\C. The molecule has 0 saturated carbocycles. The Labute approximate surface area is 203 Å². The third-order valence-electron chi connectivity index (χ3n) is 4.81. The molecular weight excluding hydrogens is 454 g/mol. The van der Waals surface area contributed by atoms with Crippen molar-refractivity contribution >= 4 is 52.3 Å². The molecule has 34 heavy (non-hydrogen) atoms. The number of aliphatic carboxylic acids is 1. The van der Waals surface area contributed by atoms with Gasteiger partial charge in [0.15, 0.2) is 0 Å². The Morgan fingerprint density at radius 1 is 1.21 bits per heavy atom. The second-order valence-electron chi connectivity index (χ2n) is 7.04. The Bertz CT molecular complexity index is 1270. The Kier molecular flexibility index (Phi) is 9.24. The van der Waals surface area contributed by atoms with E-state index < -0.39 is 24.2 Å². The summed E-state index contributed by atoms with van der Waals surface area (Å²) in [7, 11) is 0. The summed E-state index contributed by atoms with van der Waals surface area (Å²) in [6.07, 6.45) is 10.3. The van der Waals surface area contributed by atoms with Gasteiger partial charge >= 0.3 is 5.97 Å². The summed E-state index contributed by atoms with van der Waals surface area (Å²) in [5, 5.41) is 22.3. The Balaban J connectivity index is 2.53. The van der Waals surface area contributed by atoms with E-state index in [0.717, 1.165) is 5.57 Å². The molecule has 2 rings (SSSR count). The van der Waals surface area contributed by atoms with Gasteiger partial charge in [-0.05, 0) is 60.9 Å². The van der Waals surface area contributed by atoms with E-state index in [1.807, 2.05) is 19.9 Å². The van der Waals surface area contributed by atoms with Crippen molar-refractivity contribution in [2.24, 2.45) is 10.7 Å². The van der Waals surface area contributed by atoms with Crippen LogP contribution in [0.5, 0.6) is 0 Å². The summed E-state index contributed by atoms with van der Waals surface area (Å²) in [5.41, 5.74) is 9.14. The quantitative estimate of drug-likeness (QED) is 0.192. The third-order valence-corrected chi connectivity index (χ3v) is 5.05. The first-order chi connectivity index (χ1) is 16.2. The molecule has 2 aromatic carbocycles. The van der Waals surface area contributed by atoms with Crippen molar-refractivity contribution in [2.45, 2.75) is 13.8 Å². The van der Waals surface area contributed by atoms with E-state index in [0.29, 0.717) is 33.0 Å². The number of carboxylic acids is 1. The number of benzene rings is 2. The maximum atomic E-state index is 12.3. The summed E-state index contributed by atoms with van der Waals surface area (Å²) in [4.78, 5) is 27.5. The van der Waals surface area contributed by atoms with Crippen LogP contribution in [0.15, 0.2) is 65.3 Å². The highest BCUT2D eigenvalue weighted by atomic mass is 35.5. The van der Waals surface area contributed by atoms with E-state index in [1.54, 1.807) is 48.7 Å². The molecule has 2 aromatic rings. The van der Waals surface area contributed by atoms with Gasteiger partial charge in [-0.2, -0.15) is 0 Å². The predicted molar refractivity (Wildman–Crippen MR) is 137 cm³/mol. The van der Waals surface area contributed by atoms with Gasteiger partial charge in [-0.15, -0.1) is 6.42 Å². The Hall–Kier alpha value is -4.28. The number of hydrogen-bond donors (Lipinski definition) is 4. The number of aliphatic hydroxyl groups is 1. The second-order valence-corrected chi connectivity index (χ2v) is 7.47. The van der Waals surface area contributed by atoms with Gasteiger partial charge in [0, 0.05) is 28.6 Å². The number of rotatable bonds is 8. The molecule has 0 spiro atoms. The molecule has 0 fully saturated rings. The van der Waals surface area contributed by atoms with E-state index in [2.05, 4.69) is 16.2 Å². The van der Waals surface area contributed by atoms with Gasteiger partial charge in [0.2, 0.25) is 0 Å². The van der Waals surface area contributed by atoms with Crippen LogP contribution in [-0.2, 0) is 9.59 Å². The van der Waals surface area contributed by atoms with Crippen molar-refractivity contribution in [1.29, 1.82) is 0 Å². The van der Waals surface area contributed by atoms with Gasteiger partial charge in [0.1, 0.15) is 17.9 Å². The largest absolute Gasteiger partial charge is 0.506 e. The normalized spacial score (nSPS) is 12.8. The van der Waals surface area contributed by atoms with Crippen LogP contribution in [0.2, 0.25) is 5.02 Å². The number of nitrogens with one attached hydrogen (secondary N) is 1. The minimum Gasteiger partial charge on any atom is -0.506 e. The highest BCUT2D eigenvalue weighted by Gasteiger charge is 2.19. The van der Waals surface area contributed by atoms with E-state index in [4.69, 9.17) is 28.9 Å². The van der Waals surface area contributed by atoms with E-state index in [1.165, 1.54) is 6.20 Å². The molecule has 0 bridgehead atoms. The fourth-order valence-corrected chi connectivity index (χ4v) is 3.13. The molecule has 1 amide bonds. The van der Waals surface area contributed by atoms with Gasteiger partial charge in [0.25, 0.3) is 5.91 Å². The second kappa shape index (κ2) is 12.1. The highest BCUT2D eigenvalue weighted by molar-refractivity contribution is 6.30. The lowest BCUT2D eigenvalue weighted by Crippen LogP contribution is -2.30. The van der Waals surface area contributed by atoms with Gasteiger partial charge < -0.3 is 21.3 Å². The van der Waals surface area contributed by atoms with Crippen molar-refractivity contribution in [3.05, 3.63) is 82.0 Å². The monoisotopic (exact) mass is 477 g/mol. The number of nitrogens with zero attached hydrogens (tertiary/aromatic N) is 1. The number of carboxylic acid groups (broad SMARTS) is 1. The first kappa shape index (κ1) is 26.0. The zero-order valence-electron chi connectivity index (χ0n) is 18.7. The fourth-order valence-electron chi connectivity index (χ4n) is 2.95. The maximum Gasteiger partial charge on any atom is 0.322 e. The molecule has 0 heterocycles. The third kappa shape index (κ3) is 6.61. The Morgan fingerprint density at radius 2 is 1.94 bits per heavy atom. The van der Waals surface area contributed by atoms with Crippen molar-refractivity contribution in [1.82, 2.24) is 5.32 Å². The van der Waals surface area contributed by atoms with Crippen molar-refractivity contribution < 1.29 is 19.8 Å². The average Bonchev–Trinajstić information content (AvgIpc) is 2.82. The maximum absolute atomic E-state index is 12.3. The molecule has 0 atom stereocenters. The van der Waals surface area contributed by atoms with Crippen LogP contribution in [0, 0.1) is 12.3 Å². The number of carbonyl (C=O) groups is 2. The lowest BCUT2D eigenvalue weighted by atomic mass is 9.93. The van der Waals surface area contributed by atoms with Crippen molar-refractivity contribution in [2.75, 3.05) is 6.54 Å². The first-order valence-electron chi connectivity index (χ1n) is 10.1. The number of halogens is 1. The van der Waals surface area contributed by atoms with Crippen LogP contribution in [0.3, 0.4) is 0 Å². The number of nitrogens with two attached hydrogens (primary N) is 1. The van der Waals surface area contributed by atoms with Crippen LogP contribution in [0.1, 0.15) is 30.5 Å². The molecule has 174 valence electrons. The molecule has 0 aromatic heterocycles. The zero-order valence-corrected chi connectivity index (χ0v) is 19.4. The first-order valence-corrected chi connectivity index (χ1v) is 10.5. The van der Waals surface area contributed by atoms with Gasteiger partial charge in [-0.25, -0.2) is 0 Å². The summed E-state index contributed by atoms with van der Waals surface area (Å²) < 4.78 is 0. The molecule has 0 aliphatic rings. The molecule has 0 radical (unpaired) electrons. The molecule has 5 N–H and O–H groups in total. The minimum absolute atomic E-state index is 0.306. The molecular formula is C26H24ClN3O4. The smallest absolute Gasteiger partial charge is 0.322 e. The standard InChI is InChI=1S/C26H24ClN3O4/c1-4-16(3)23-11-17(18(13-28)14-29-20-8-6-7-19(27)12-20)9-10-22(23)25(33)21(5-2)26(34)30-15-24(31)32/h2,4,6-14,33H,15,28H2,1,3H3,(H,30,34)(H,31,32)/b16-4-,18-13+,25-21-,29-14?. The van der Waals surface area contributed by atoms with Crippen LogP contribution in [-0.4, -0.2) is 34.8 Å². The van der Waals surface area contributed by atoms with E-state index >= 15 is 0 Å². The van der Waals surface area contributed by atoms with Crippen molar-refractivity contribution in [3.8, 4) is 12.3 Å². The number of aliphatic hydroxyl groups excluding tert-OH is 1. The van der Waals surface area contributed by atoms with E-state index in [9.17, 15) is 14.7 Å². The molecule has 0 saturated heterocycles. The molecule has 0 aliphatic carbocycles. The van der Waals surface area contributed by atoms with E-state index in [-0.39, 0.29) is 5.57 Å². The van der Waals surface area contributed by atoms with Gasteiger partial charge in [-0.3, -0.25) is 14.6 Å². The van der Waals surface area contributed by atoms with Crippen LogP contribution < -0.4 is 11.1 Å². The molecule has 0 aliphatic heterocycles. The van der Waals surface area contributed by atoms with Gasteiger partial charge in [0.05, 0.1) is 5.69 Å². The van der Waals surface area contributed by atoms with Crippen LogP contribution >= 0.6 is 11.6 Å². The summed E-state index contributed by atoms with van der Waals surface area (Å²) in [6.45, 7) is 3.03. The number of hydrogen-bond acceptors (Lipinski definition) is 5. The molecule has 7 nitrogen and oxygen atoms in total. The number of terminal acetylenes is 1. The summed E-state index contributed by atoms with van der Waals surface area (Å²) in [5.74, 6) is -0.409. The molecule has 8 heteroatoms. The number of amides is 1. The van der Waals surface area contributed by atoms with Crippen LogP contribution in [0.4, 0.5) is 5.69 Å².